The Balaban J connectivity index is 1.76. The highest BCUT2D eigenvalue weighted by atomic mass is 16.5. The Kier molecular flexibility index (Phi) is 4.37. The lowest BCUT2D eigenvalue weighted by Gasteiger charge is -2.32. The Morgan fingerprint density at radius 1 is 1.35 bits per heavy atom. The molecule has 1 saturated heterocycles. The minimum absolute atomic E-state index is 0.0697. The van der Waals surface area contributed by atoms with E-state index in [4.69, 9.17) is 4.74 Å². The third kappa shape index (κ3) is 3.23. The molecule has 23 heavy (non-hydrogen) atoms. The molecule has 3 rings (SSSR count). The third-order valence-electron chi connectivity index (χ3n) is 4.51. The number of nitrogens with one attached hydrogen (secondary N) is 1. The Bertz CT molecular complexity index is 708. The number of carbonyl (C=O) groups excluding carboxylic acids is 1. The summed E-state index contributed by atoms with van der Waals surface area (Å²) in [6, 6.07) is 7.72. The number of nitrogens with zero attached hydrogens (tertiary/aromatic N) is 2. The zero-order valence-electron chi connectivity index (χ0n) is 13.9. The van der Waals surface area contributed by atoms with Crippen molar-refractivity contribution in [3.63, 3.8) is 0 Å². The molecule has 1 aliphatic heterocycles. The predicted octanol–water partition coefficient (Wildman–Crippen LogP) is 3.05. The maximum absolute atomic E-state index is 12.8. The molecule has 2 aromatic rings. The van der Waals surface area contributed by atoms with Gasteiger partial charge in [0.25, 0.3) is 5.91 Å². The van der Waals surface area contributed by atoms with Gasteiger partial charge in [0.1, 0.15) is 5.75 Å². The van der Waals surface area contributed by atoms with Gasteiger partial charge < -0.3 is 9.64 Å². The Labute approximate surface area is 136 Å². The number of aromatic amines is 1. The van der Waals surface area contributed by atoms with Crippen LogP contribution in [0, 0.1) is 13.8 Å². The summed E-state index contributed by atoms with van der Waals surface area (Å²) < 4.78 is 5.33. The van der Waals surface area contributed by atoms with Crippen LogP contribution in [-0.2, 0) is 0 Å². The first-order chi connectivity index (χ1) is 11.1. The molecule has 1 aliphatic rings. The molecule has 1 amide bonds. The van der Waals surface area contributed by atoms with Crippen molar-refractivity contribution in [1.29, 1.82) is 0 Å². The number of ether oxygens (including phenoxy) is 1. The first-order valence-electron chi connectivity index (χ1n) is 8.04. The average Bonchev–Trinajstić information content (AvgIpc) is 3.01. The van der Waals surface area contributed by atoms with Crippen molar-refractivity contribution in [3.8, 4) is 5.75 Å². The van der Waals surface area contributed by atoms with Crippen molar-refractivity contribution < 1.29 is 9.53 Å². The quantitative estimate of drug-likeness (QED) is 0.947. The number of likely N-dealkylation sites (tertiary alicyclic amines) is 1. The van der Waals surface area contributed by atoms with Crippen LogP contribution in [0.4, 0.5) is 0 Å². The smallest absolute Gasteiger partial charge is 0.254 e. The van der Waals surface area contributed by atoms with Crippen LogP contribution in [0.2, 0.25) is 0 Å². The van der Waals surface area contributed by atoms with Crippen LogP contribution < -0.4 is 4.74 Å². The fourth-order valence-electron chi connectivity index (χ4n) is 3.19. The fourth-order valence-corrected chi connectivity index (χ4v) is 3.19. The normalized spacial score (nSPS) is 18.0. The van der Waals surface area contributed by atoms with Crippen molar-refractivity contribution in [1.82, 2.24) is 15.1 Å². The van der Waals surface area contributed by atoms with Gasteiger partial charge in [-0.25, -0.2) is 0 Å². The number of aryl methyl sites for hydroxylation is 2. The van der Waals surface area contributed by atoms with Crippen LogP contribution in [0.1, 0.15) is 46.1 Å². The summed E-state index contributed by atoms with van der Waals surface area (Å²) >= 11 is 0. The molecule has 5 heteroatoms. The van der Waals surface area contributed by atoms with E-state index in [1.807, 2.05) is 36.9 Å². The zero-order chi connectivity index (χ0) is 16.4. The van der Waals surface area contributed by atoms with E-state index in [2.05, 4.69) is 16.3 Å². The Morgan fingerprint density at radius 3 is 2.87 bits per heavy atom. The van der Waals surface area contributed by atoms with Gasteiger partial charge in [-0.1, -0.05) is 6.07 Å². The van der Waals surface area contributed by atoms with Crippen molar-refractivity contribution >= 4 is 5.91 Å². The summed E-state index contributed by atoms with van der Waals surface area (Å²) in [4.78, 5) is 14.7. The molecule has 1 N–H and O–H groups in total. The second-order valence-corrected chi connectivity index (χ2v) is 6.25. The third-order valence-corrected chi connectivity index (χ3v) is 4.51. The topological polar surface area (TPSA) is 58.2 Å². The SMILES string of the molecule is COc1cc(C(=O)N2CCC[C@@H](c3cc(C)[nH]n3)C2)ccc1C. The maximum atomic E-state index is 12.8. The van der Waals surface area contributed by atoms with E-state index in [9.17, 15) is 4.79 Å². The molecule has 1 aromatic carbocycles. The van der Waals surface area contributed by atoms with Crippen LogP contribution in [0.15, 0.2) is 24.3 Å². The van der Waals surface area contributed by atoms with E-state index in [-0.39, 0.29) is 5.91 Å². The van der Waals surface area contributed by atoms with E-state index in [1.165, 1.54) is 0 Å². The highest BCUT2D eigenvalue weighted by molar-refractivity contribution is 5.94. The summed E-state index contributed by atoms with van der Waals surface area (Å²) in [7, 11) is 1.63. The molecule has 0 saturated carbocycles. The van der Waals surface area contributed by atoms with Crippen molar-refractivity contribution in [2.75, 3.05) is 20.2 Å². The van der Waals surface area contributed by atoms with Gasteiger partial charge in [0.05, 0.1) is 12.8 Å². The molecule has 0 bridgehead atoms. The molecule has 0 aliphatic carbocycles. The molecular formula is C18H23N3O2. The first-order valence-corrected chi connectivity index (χ1v) is 8.04. The number of aromatic nitrogens is 2. The largest absolute Gasteiger partial charge is 0.496 e. The average molecular weight is 313 g/mol. The minimum atomic E-state index is 0.0697. The highest BCUT2D eigenvalue weighted by Crippen LogP contribution is 2.28. The van der Waals surface area contributed by atoms with Gasteiger partial charge in [-0.15, -0.1) is 0 Å². The molecule has 5 nitrogen and oxygen atoms in total. The van der Waals surface area contributed by atoms with Gasteiger partial charge in [-0.05, 0) is 50.5 Å². The Hall–Kier alpha value is -2.30. The molecule has 0 spiro atoms. The number of hydrogen-bond donors (Lipinski definition) is 1. The first kappa shape index (κ1) is 15.6. The molecule has 1 fully saturated rings. The summed E-state index contributed by atoms with van der Waals surface area (Å²) in [5, 5.41) is 7.35. The lowest BCUT2D eigenvalue weighted by atomic mass is 9.94. The number of rotatable bonds is 3. The number of hydrogen-bond acceptors (Lipinski definition) is 3. The van der Waals surface area contributed by atoms with Gasteiger partial charge in [-0.2, -0.15) is 5.10 Å². The zero-order valence-corrected chi connectivity index (χ0v) is 13.9. The predicted molar refractivity (Wildman–Crippen MR) is 88.9 cm³/mol. The van der Waals surface area contributed by atoms with Gasteiger partial charge >= 0.3 is 0 Å². The number of amides is 1. The van der Waals surface area contributed by atoms with Crippen molar-refractivity contribution in [2.24, 2.45) is 0 Å². The lowest BCUT2D eigenvalue weighted by Crippen LogP contribution is -2.39. The van der Waals surface area contributed by atoms with E-state index in [1.54, 1.807) is 7.11 Å². The van der Waals surface area contributed by atoms with Crippen molar-refractivity contribution in [3.05, 3.63) is 46.8 Å². The molecule has 0 unspecified atom stereocenters. The standard InChI is InChI=1S/C18H23N3O2/c1-12-6-7-14(10-17(12)23-3)18(22)21-8-4-5-15(11-21)16-9-13(2)19-20-16/h6-7,9-10,15H,4-5,8,11H2,1-3H3,(H,19,20)/t15-/m1/s1. The number of H-pyrrole nitrogens is 1. The molecule has 122 valence electrons. The van der Waals surface area contributed by atoms with Gasteiger partial charge in [0, 0.05) is 30.3 Å². The number of carbonyl (C=O) groups is 1. The summed E-state index contributed by atoms with van der Waals surface area (Å²) in [6.45, 7) is 5.50. The van der Waals surface area contributed by atoms with Crippen LogP contribution in [0.3, 0.4) is 0 Å². The summed E-state index contributed by atoms with van der Waals surface area (Å²) in [6.07, 6.45) is 2.08. The summed E-state index contributed by atoms with van der Waals surface area (Å²) in [5.74, 6) is 1.14. The number of methoxy groups -OCH3 is 1. The number of benzene rings is 1. The van der Waals surface area contributed by atoms with Gasteiger partial charge in [0.2, 0.25) is 0 Å². The van der Waals surface area contributed by atoms with Crippen LogP contribution in [-0.4, -0.2) is 41.2 Å². The molecule has 2 heterocycles. The van der Waals surface area contributed by atoms with Crippen LogP contribution in [0.5, 0.6) is 5.75 Å². The summed E-state index contributed by atoms with van der Waals surface area (Å²) in [5.41, 5.74) is 3.84. The van der Waals surface area contributed by atoms with Crippen LogP contribution >= 0.6 is 0 Å². The number of piperidine rings is 1. The van der Waals surface area contributed by atoms with Crippen molar-refractivity contribution in [2.45, 2.75) is 32.6 Å². The minimum Gasteiger partial charge on any atom is -0.496 e. The molecular weight excluding hydrogens is 290 g/mol. The van der Waals surface area contributed by atoms with E-state index in [0.29, 0.717) is 11.5 Å². The molecule has 0 radical (unpaired) electrons. The highest BCUT2D eigenvalue weighted by Gasteiger charge is 2.27. The van der Waals surface area contributed by atoms with Gasteiger partial charge in [-0.3, -0.25) is 9.89 Å². The Morgan fingerprint density at radius 2 is 2.17 bits per heavy atom. The van der Waals surface area contributed by atoms with Crippen LogP contribution in [0.25, 0.3) is 0 Å². The van der Waals surface area contributed by atoms with E-state index < -0.39 is 0 Å². The van der Waals surface area contributed by atoms with Gasteiger partial charge in [0.15, 0.2) is 0 Å². The van der Waals surface area contributed by atoms with E-state index >= 15 is 0 Å². The molecule has 1 aromatic heterocycles. The lowest BCUT2D eigenvalue weighted by molar-refractivity contribution is 0.0705. The monoisotopic (exact) mass is 313 g/mol. The second-order valence-electron chi connectivity index (χ2n) is 6.25. The second kappa shape index (κ2) is 6.44. The van der Waals surface area contributed by atoms with E-state index in [0.717, 1.165) is 48.6 Å². The fraction of sp³-hybridized carbons (Fsp3) is 0.444. The maximum Gasteiger partial charge on any atom is 0.254 e. The molecule has 1 atom stereocenters.